The third-order valence-corrected chi connectivity index (χ3v) is 4.11. The van der Waals surface area contributed by atoms with Crippen LogP contribution < -0.4 is 5.32 Å². The monoisotopic (exact) mass is 373 g/mol. The number of thioether (sulfide) groups is 1. The van der Waals surface area contributed by atoms with Gasteiger partial charge in [0.15, 0.2) is 0 Å². The lowest BCUT2D eigenvalue weighted by molar-refractivity contribution is -0.384. The highest BCUT2D eigenvalue weighted by atomic mass is 32.2. The van der Waals surface area contributed by atoms with Gasteiger partial charge in [-0.3, -0.25) is 14.9 Å². The summed E-state index contributed by atoms with van der Waals surface area (Å²) >= 11 is 1.07. The maximum absolute atomic E-state index is 13.7. The smallest absolute Gasteiger partial charge is 0.271 e. The van der Waals surface area contributed by atoms with E-state index in [0.29, 0.717) is 5.16 Å². The minimum absolute atomic E-state index is 0.0685. The minimum atomic E-state index is -0.750. The van der Waals surface area contributed by atoms with Gasteiger partial charge in [-0.05, 0) is 18.2 Å². The highest BCUT2D eigenvalue weighted by molar-refractivity contribution is 7.99. The van der Waals surface area contributed by atoms with E-state index >= 15 is 0 Å². The van der Waals surface area contributed by atoms with Gasteiger partial charge in [-0.15, -0.1) is 5.10 Å². The van der Waals surface area contributed by atoms with E-state index < -0.39 is 16.6 Å². The first-order chi connectivity index (χ1) is 12.5. The molecule has 1 heterocycles. The number of non-ortho nitro benzene ring substituents is 1. The van der Waals surface area contributed by atoms with Crippen molar-refractivity contribution in [3.8, 4) is 5.69 Å². The zero-order valence-corrected chi connectivity index (χ0v) is 14.0. The number of nitrogens with one attached hydrogen (secondary N) is 1. The molecule has 0 spiro atoms. The van der Waals surface area contributed by atoms with Crippen molar-refractivity contribution in [2.24, 2.45) is 0 Å². The molecule has 0 saturated carbocycles. The van der Waals surface area contributed by atoms with Crippen LogP contribution in [0.5, 0.6) is 0 Å². The number of carbonyl (C=O) groups excluding carboxylic acids is 1. The van der Waals surface area contributed by atoms with Gasteiger partial charge >= 0.3 is 0 Å². The van der Waals surface area contributed by atoms with Crippen LogP contribution in [0.3, 0.4) is 0 Å². The first-order valence-electron chi connectivity index (χ1n) is 7.36. The molecule has 0 unspecified atom stereocenters. The Labute approximate surface area is 151 Å². The van der Waals surface area contributed by atoms with Crippen LogP contribution in [0.1, 0.15) is 0 Å². The van der Waals surface area contributed by atoms with E-state index in [1.165, 1.54) is 6.33 Å². The Bertz CT molecular complexity index is 948. The summed E-state index contributed by atoms with van der Waals surface area (Å²) in [5.41, 5.74) is 0.278. The summed E-state index contributed by atoms with van der Waals surface area (Å²) in [5.74, 6) is -1.34. The largest absolute Gasteiger partial charge is 0.323 e. The van der Waals surface area contributed by atoms with Crippen molar-refractivity contribution >= 4 is 29.0 Å². The number of carbonyl (C=O) groups is 1. The highest BCUT2D eigenvalue weighted by Crippen LogP contribution is 2.22. The molecule has 0 saturated heterocycles. The third-order valence-electron chi connectivity index (χ3n) is 3.26. The van der Waals surface area contributed by atoms with Crippen LogP contribution in [0.25, 0.3) is 5.69 Å². The number of benzene rings is 2. The Hall–Kier alpha value is -3.27. The van der Waals surface area contributed by atoms with Crippen LogP contribution in [0.15, 0.2) is 60.0 Å². The molecule has 0 radical (unpaired) electrons. The number of nitro benzene ring substituents is 1. The number of halogens is 1. The van der Waals surface area contributed by atoms with E-state index in [1.807, 2.05) is 30.3 Å². The standard InChI is InChI=1S/C16H12FN5O3S/c17-13-7-6-12(22(24)25)8-14(13)19-15(23)9-26-16-18-10-21(20-16)11-4-2-1-3-5-11/h1-8,10H,9H2,(H,19,23). The number of amides is 1. The summed E-state index contributed by atoms with van der Waals surface area (Å²) in [6.07, 6.45) is 1.52. The summed E-state index contributed by atoms with van der Waals surface area (Å²) < 4.78 is 15.2. The van der Waals surface area contributed by atoms with Crippen molar-refractivity contribution in [1.29, 1.82) is 0 Å². The molecular weight excluding hydrogens is 361 g/mol. The molecule has 8 nitrogen and oxygen atoms in total. The van der Waals surface area contributed by atoms with E-state index in [1.54, 1.807) is 4.68 Å². The Morgan fingerprint density at radius 3 is 2.77 bits per heavy atom. The zero-order valence-electron chi connectivity index (χ0n) is 13.2. The molecule has 1 N–H and O–H groups in total. The predicted molar refractivity (Wildman–Crippen MR) is 93.8 cm³/mol. The molecule has 3 rings (SSSR count). The highest BCUT2D eigenvalue weighted by Gasteiger charge is 2.14. The van der Waals surface area contributed by atoms with E-state index in [4.69, 9.17) is 0 Å². The van der Waals surface area contributed by atoms with Gasteiger partial charge in [0.05, 0.1) is 22.1 Å². The molecule has 132 valence electrons. The fraction of sp³-hybridized carbons (Fsp3) is 0.0625. The van der Waals surface area contributed by atoms with Gasteiger partial charge in [-0.1, -0.05) is 30.0 Å². The zero-order chi connectivity index (χ0) is 18.5. The number of anilines is 1. The van der Waals surface area contributed by atoms with Gasteiger partial charge in [0.25, 0.3) is 5.69 Å². The second-order valence-corrected chi connectivity index (χ2v) is 6.01. The fourth-order valence-electron chi connectivity index (χ4n) is 2.06. The summed E-state index contributed by atoms with van der Waals surface area (Å²) in [6, 6.07) is 12.3. The molecule has 0 fully saturated rings. The molecule has 1 amide bonds. The second kappa shape index (κ2) is 7.74. The minimum Gasteiger partial charge on any atom is -0.323 e. The number of para-hydroxylation sites is 1. The molecule has 0 bridgehead atoms. The van der Waals surface area contributed by atoms with Gasteiger partial charge in [-0.2, -0.15) is 0 Å². The van der Waals surface area contributed by atoms with Crippen molar-refractivity contribution < 1.29 is 14.1 Å². The van der Waals surface area contributed by atoms with Crippen LogP contribution in [0.4, 0.5) is 15.8 Å². The number of nitro groups is 1. The number of aromatic nitrogens is 3. The van der Waals surface area contributed by atoms with E-state index in [0.717, 1.165) is 35.6 Å². The lowest BCUT2D eigenvalue weighted by Crippen LogP contribution is -2.15. The van der Waals surface area contributed by atoms with Gasteiger partial charge in [0.2, 0.25) is 11.1 Å². The second-order valence-electron chi connectivity index (χ2n) is 5.07. The van der Waals surface area contributed by atoms with Crippen LogP contribution >= 0.6 is 11.8 Å². The first-order valence-corrected chi connectivity index (χ1v) is 8.35. The maximum Gasteiger partial charge on any atom is 0.271 e. The van der Waals surface area contributed by atoms with Gasteiger partial charge in [-0.25, -0.2) is 14.1 Å². The van der Waals surface area contributed by atoms with Crippen molar-refractivity contribution in [3.05, 3.63) is 70.8 Å². The summed E-state index contributed by atoms with van der Waals surface area (Å²) in [6.45, 7) is 0. The third kappa shape index (κ3) is 4.22. The Morgan fingerprint density at radius 2 is 2.04 bits per heavy atom. The quantitative estimate of drug-likeness (QED) is 0.405. The van der Waals surface area contributed by atoms with Crippen molar-refractivity contribution in [3.63, 3.8) is 0 Å². The fourth-order valence-corrected chi connectivity index (χ4v) is 2.66. The summed E-state index contributed by atoms with van der Waals surface area (Å²) in [4.78, 5) is 26.1. The average molecular weight is 373 g/mol. The molecule has 0 aliphatic carbocycles. The number of hydrogen-bond acceptors (Lipinski definition) is 6. The summed E-state index contributed by atoms with van der Waals surface area (Å²) in [5, 5.41) is 17.7. The summed E-state index contributed by atoms with van der Waals surface area (Å²) in [7, 11) is 0. The Balaban J connectivity index is 1.61. The van der Waals surface area contributed by atoms with Gasteiger partial charge in [0, 0.05) is 12.1 Å². The predicted octanol–water partition coefficient (Wildman–Crippen LogP) is 3.05. The van der Waals surface area contributed by atoms with Gasteiger partial charge in [0.1, 0.15) is 12.1 Å². The van der Waals surface area contributed by atoms with E-state index in [-0.39, 0.29) is 17.1 Å². The van der Waals surface area contributed by atoms with Crippen LogP contribution in [0.2, 0.25) is 0 Å². The Kier molecular flexibility index (Phi) is 5.23. The number of hydrogen-bond donors (Lipinski definition) is 1. The van der Waals surface area contributed by atoms with Crippen LogP contribution in [-0.4, -0.2) is 31.3 Å². The normalized spacial score (nSPS) is 10.5. The van der Waals surface area contributed by atoms with Crippen molar-refractivity contribution in [2.75, 3.05) is 11.1 Å². The molecule has 0 aliphatic rings. The SMILES string of the molecule is O=C(CSc1ncn(-c2ccccc2)n1)Nc1cc([N+](=O)[O-])ccc1F. The number of rotatable bonds is 6. The molecule has 1 aromatic heterocycles. The molecular formula is C16H12FN5O3S. The topological polar surface area (TPSA) is 103 Å². The number of nitrogens with zero attached hydrogens (tertiary/aromatic N) is 4. The molecule has 2 aromatic carbocycles. The average Bonchev–Trinajstić information content (AvgIpc) is 3.11. The maximum atomic E-state index is 13.7. The van der Waals surface area contributed by atoms with Crippen molar-refractivity contribution in [2.45, 2.75) is 5.16 Å². The molecule has 26 heavy (non-hydrogen) atoms. The van der Waals surface area contributed by atoms with E-state index in [9.17, 15) is 19.3 Å². The van der Waals surface area contributed by atoms with E-state index in [2.05, 4.69) is 15.4 Å². The van der Waals surface area contributed by atoms with Crippen LogP contribution in [0, 0.1) is 15.9 Å². The molecule has 3 aromatic rings. The Morgan fingerprint density at radius 1 is 1.27 bits per heavy atom. The molecule has 0 atom stereocenters. The van der Waals surface area contributed by atoms with Crippen molar-refractivity contribution in [1.82, 2.24) is 14.8 Å². The van der Waals surface area contributed by atoms with Crippen LogP contribution in [-0.2, 0) is 4.79 Å². The lowest BCUT2D eigenvalue weighted by Gasteiger charge is -2.05. The molecule has 0 aliphatic heterocycles. The molecule has 10 heteroatoms. The first kappa shape index (κ1) is 17.5. The van der Waals surface area contributed by atoms with Gasteiger partial charge < -0.3 is 5.32 Å². The lowest BCUT2D eigenvalue weighted by atomic mass is 10.2.